The lowest BCUT2D eigenvalue weighted by Crippen LogP contribution is -2.14. The summed E-state index contributed by atoms with van der Waals surface area (Å²) in [6.07, 6.45) is 0.366. The number of carbonyl (C=O) groups excluding carboxylic acids is 2. The molecular formula is C9H5FN2O2. The fourth-order valence-electron chi connectivity index (χ4n) is 0.973. The van der Waals surface area contributed by atoms with Gasteiger partial charge < -0.3 is 5.73 Å². The van der Waals surface area contributed by atoms with Crippen molar-refractivity contribution in [2.24, 2.45) is 5.73 Å². The Labute approximate surface area is 78.7 Å². The first kappa shape index (κ1) is 9.86. The van der Waals surface area contributed by atoms with E-state index in [4.69, 9.17) is 11.0 Å². The van der Waals surface area contributed by atoms with Crippen LogP contribution in [0.5, 0.6) is 0 Å². The molecule has 0 spiro atoms. The topological polar surface area (TPSA) is 83.9 Å². The van der Waals surface area contributed by atoms with Crippen LogP contribution in [-0.4, -0.2) is 12.2 Å². The molecule has 70 valence electrons. The van der Waals surface area contributed by atoms with E-state index in [1.807, 2.05) is 0 Å². The molecule has 0 radical (unpaired) electrons. The molecule has 1 amide bonds. The van der Waals surface area contributed by atoms with Crippen LogP contribution in [-0.2, 0) is 0 Å². The molecule has 0 unspecified atom stereocenters. The molecule has 14 heavy (non-hydrogen) atoms. The number of nitrogens with zero attached hydrogens (tertiary/aromatic N) is 1. The third-order valence-electron chi connectivity index (χ3n) is 1.65. The van der Waals surface area contributed by atoms with Crippen molar-refractivity contribution in [2.75, 3.05) is 0 Å². The molecule has 0 aliphatic rings. The van der Waals surface area contributed by atoms with Crippen molar-refractivity contribution in [2.45, 2.75) is 0 Å². The maximum atomic E-state index is 13.0. The average molecular weight is 192 g/mol. The van der Waals surface area contributed by atoms with Crippen LogP contribution < -0.4 is 5.73 Å². The number of rotatable bonds is 2. The fourth-order valence-corrected chi connectivity index (χ4v) is 0.973. The van der Waals surface area contributed by atoms with Crippen LogP contribution >= 0.6 is 0 Å². The van der Waals surface area contributed by atoms with Gasteiger partial charge in [0.1, 0.15) is 5.82 Å². The van der Waals surface area contributed by atoms with Crippen LogP contribution in [0.15, 0.2) is 12.1 Å². The molecule has 1 aromatic carbocycles. The zero-order valence-electron chi connectivity index (χ0n) is 6.95. The molecule has 0 aliphatic carbocycles. The molecule has 0 bridgehead atoms. The highest BCUT2D eigenvalue weighted by atomic mass is 19.1. The highest BCUT2D eigenvalue weighted by molar-refractivity contribution is 5.95. The van der Waals surface area contributed by atoms with Crippen molar-refractivity contribution in [3.05, 3.63) is 34.6 Å². The lowest BCUT2D eigenvalue weighted by molar-refractivity contribution is 0.0996. The van der Waals surface area contributed by atoms with Gasteiger partial charge in [-0.15, -0.1) is 0 Å². The molecule has 0 aliphatic heterocycles. The van der Waals surface area contributed by atoms with Crippen molar-refractivity contribution in [3.8, 4) is 6.07 Å². The SMILES string of the molecule is N#Cc1cc(F)c(C(N)=O)cc1C=O. The number of nitriles is 1. The minimum absolute atomic E-state index is 0.0531. The first-order valence-corrected chi connectivity index (χ1v) is 3.58. The van der Waals surface area contributed by atoms with Gasteiger partial charge in [-0.3, -0.25) is 9.59 Å². The average Bonchev–Trinajstić information content (AvgIpc) is 2.16. The largest absolute Gasteiger partial charge is 0.366 e. The number of hydrogen-bond donors (Lipinski definition) is 1. The second-order valence-corrected chi connectivity index (χ2v) is 2.51. The summed E-state index contributed by atoms with van der Waals surface area (Å²) in [6.45, 7) is 0. The third-order valence-corrected chi connectivity index (χ3v) is 1.65. The van der Waals surface area contributed by atoms with Crippen molar-refractivity contribution < 1.29 is 14.0 Å². The minimum Gasteiger partial charge on any atom is -0.366 e. The minimum atomic E-state index is -0.977. The number of primary amides is 1. The summed E-state index contributed by atoms with van der Waals surface area (Å²) in [4.78, 5) is 21.1. The smallest absolute Gasteiger partial charge is 0.251 e. The zero-order chi connectivity index (χ0) is 10.7. The van der Waals surface area contributed by atoms with E-state index in [9.17, 15) is 14.0 Å². The highest BCUT2D eigenvalue weighted by Crippen LogP contribution is 2.13. The van der Waals surface area contributed by atoms with Gasteiger partial charge in [-0.1, -0.05) is 0 Å². The standard InChI is InChI=1S/C9H5FN2O2/c10-8-2-5(3-11)6(4-13)1-7(8)9(12)14/h1-2,4H,(H2,12,14). The molecule has 1 rings (SSSR count). The lowest BCUT2D eigenvalue weighted by Gasteiger charge is -2.00. The molecule has 0 aromatic heterocycles. The van der Waals surface area contributed by atoms with Crippen LogP contribution in [0, 0.1) is 17.1 Å². The second-order valence-electron chi connectivity index (χ2n) is 2.51. The Balaban J connectivity index is 3.47. The van der Waals surface area contributed by atoms with E-state index >= 15 is 0 Å². The number of aldehydes is 1. The predicted octanol–water partition coefficient (Wildman–Crippen LogP) is 0.609. The molecule has 2 N–H and O–H groups in total. The van der Waals surface area contributed by atoms with Gasteiger partial charge in [-0.2, -0.15) is 5.26 Å². The summed E-state index contributed by atoms with van der Waals surface area (Å²) in [7, 11) is 0. The van der Waals surface area contributed by atoms with Gasteiger partial charge in [-0.25, -0.2) is 4.39 Å². The molecule has 0 saturated heterocycles. The molecule has 4 nitrogen and oxygen atoms in total. The van der Waals surface area contributed by atoms with Crippen LogP contribution in [0.25, 0.3) is 0 Å². The van der Waals surface area contributed by atoms with Gasteiger partial charge in [0.15, 0.2) is 6.29 Å². The fraction of sp³-hybridized carbons (Fsp3) is 0. The van der Waals surface area contributed by atoms with E-state index in [2.05, 4.69) is 0 Å². The summed E-state index contributed by atoms with van der Waals surface area (Å²) >= 11 is 0. The van der Waals surface area contributed by atoms with Gasteiger partial charge in [0.05, 0.1) is 17.2 Å². The molecule has 0 heterocycles. The maximum Gasteiger partial charge on any atom is 0.251 e. The number of benzene rings is 1. The molecule has 0 atom stereocenters. The zero-order valence-corrected chi connectivity index (χ0v) is 6.95. The van der Waals surface area contributed by atoms with E-state index in [0.29, 0.717) is 6.29 Å². The van der Waals surface area contributed by atoms with Gasteiger partial charge in [0.25, 0.3) is 5.91 Å². The first-order chi connectivity index (χ1) is 6.60. The second kappa shape index (κ2) is 3.66. The molecule has 0 saturated carbocycles. The monoisotopic (exact) mass is 192 g/mol. The van der Waals surface area contributed by atoms with E-state index in [0.717, 1.165) is 12.1 Å². The normalized spacial score (nSPS) is 9.14. The molecule has 5 heteroatoms. The van der Waals surface area contributed by atoms with Crippen LogP contribution in [0.3, 0.4) is 0 Å². The molecule has 0 fully saturated rings. The maximum absolute atomic E-state index is 13.0. The number of amides is 1. The lowest BCUT2D eigenvalue weighted by atomic mass is 10.0. The van der Waals surface area contributed by atoms with Crippen molar-refractivity contribution in [1.29, 1.82) is 5.26 Å². The van der Waals surface area contributed by atoms with Crippen LogP contribution in [0.4, 0.5) is 4.39 Å². The molecular weight excluding hydrogens is 187 g/mol. The summed E-state index contributed by atoms with van der Waals surface area (Å²) in [5, 5.41) is 8.51. The van der Waals surface area contributed by atoms with Gasteiger partial charge >= 0.3 is 0 Å². The van der Waals surface area contributed by atoms with Crippen LogP contribution in [0.2, 0.25) is 0 Å². The Hall–Kier alpha value is -2.22. The Kier molecular flexibility index (Phi) is 2.58. The van der Waals surface area contributed by atoms with Crippen molar-refractivity contribution >= 4 is 12.2 Å². The van der Waals surface area contributed by atoms with E-state index in [-0.39, 0.29) is 11.1 Å². The Morgan fingerprint density at radius 2 is 2.21 bits per heavy atom. The quantitative estimate of drug-likeness (QED) is 0.696. The van der Waals surface area contributed by atoms with E-state index < -0.39 is 17.3 Å². The Morgan fingerprint density at radius 3 is 2.64 bits per heavy atom. The highest BCUT2D eigenvalue weighted by Gasteiger charge is 2.12. The summed E-state index contributed by atoms with van der Waals surface area (Å²) < 4.78 is 13.0. The van der Waals surface area contributed by atoms with Crippen LogP contribution in [0.1, 0.15) is 26.3 Å². The number of carbonyl (C=O) groups is 2. The van der Waals surface area contributed by atoms with Crippen molar-refractivity contribution in [3.63, 3.8) is 0 Å². The number of halogens is 1. The van der Waals surface area contributed by atoms with E-state index in [1.165, 1.54) is 0 Å². The summed E-state index contributed by atoms with van der Waals surface area (Å²) in [5.41, 5.74) is 4.28. The first-order valence-electron chi connectivity index (χ1n) is 3.58. The Morgan fingerprint density at radius 1 is 1.57 bits per heavy atom. The predicted molar refractivity (Wildman–Crippen MR) is 45.0 cm³/mol. The molecule has 1 aromatic rings. The summed E-state index contributed by atoms with van der Waals surface area (Å²) in [6, 6.07) is 3.40. The third kappa shape index (κ3) is 1.59. The van der Waals surface area contributed by atoms with Gasteiger partial charge in [0, 0.05) is 5.56 Å². The van der Waals surface area contributed by atoms with Gasteiger partial charge in [0.2, 0.25) is 0 Å². The number of nitrogens with two attached hydrogens (primary N) is 1. The number of hydrogen-bond acceptors (Lipinski definition) is 3. The summed E-state index contributed by atoms with van der Waals surface area (Å²) in [5.74, 6) is -1.88. The van der Waals surface area contributed by atoms with E-state index in [1.54, 1.807) is 6.07 Å². The van der Waals surface area contributed by atoms with Crippen molar-refractivity contribution in [1.82, 2.24) is 0 Å². The van der Waals surface area contributed by atoms with Gasteiger partial charge in [-0.05, 0) is 12.1 Å². The Bertz CT molecular complexity index is 448.